The number of fused-ring (bicyclic) bond motifs is 2. The van der Waals surface area contributed by atoms with Gasteiger partial charge in [0.25, 0.3) is 0 Å². The number of amides is 1. The molecule has 252 valence electrons. The number of oxazole rings is 1. The Morgan fingerprint density at radius 2 is 1.82 bits per heavy atom. The molecule has 0 spiro atoms. The summed E-state index contributed by atoms with van der Waals surface area (Å²) in [7, 11) is 0. The normalized spacial score (nSPS) is 16.7. The first-order valence-electron chi connectivity index (χ1n) is 17.1. The fraction of sp³-hybridized carbons (Fsp3) is 0.385. The van der Waals surface area contributed by atoms with E-state index in [1.807, 2.05) is 35.6 Å². The number of aromatic nitrogens is 2. The molecule has 1 fully saturated rings. The first-order valence-corrected chi connectivity index (χ1v) is 17.9. The highest BCUT2D eigenvalue weighted by Crippen LogP contribution is 2.40. The average Bonchev–Trinajstić information content (AvgIpc) is 3.85. The number of benzene rings is 3. The molecule has 4 heterocycles. The molecule has 9 nitrogen and oxygen atoms in total. The van der Waals surface area contributed by atoms with Gasteiger partial charge in [-0.1, -0.05) is 30.3 Å². The SMILES string of the molecule is Cc1c(-c2nc3cc(CN4CCC(C(=O)NCCO)C4)cc(C#N)c3o2)cccc1-c1cccc(-c2nc3c(s2)CN(C(C)C)CC3)c1C. The van der Waals surface area contributed by atoms with Crippen molar-refractivity contribution < 1.29 is 14.3 Å². The second-order valence-electron chi connectivity index (χ2n) is 13.5. The maximum Gasteiger partial charge on any atom is 0.227 e. The van der Waals surface area contributed by atoms with Crippen molar-refractivity contribution in [1.82, 2.24) is 25.1 Å². The fourth-order valence-electron chi connectivity index (χ4n) is 7.24. The van der Waals surface area contributed by atoms with Gasteiger partial charge in [-0.2, -0.15) is 5.26 Å². The van der Waals surface area contributed by atoms with Crippen LogP contribution >= 0.6 is 11.3 Å². The Labute approximate surface area is 291 Å². The summed E-state index contributed by atoms with van der Waals surface area (Å²) in [6.07, 6.45) is 1.76. The lowest BCUT2D eigenvalue weighted by Gasteiger charge is -2.29. The first-order chi connectivity index (χ1) is 23.7. The molecule has 10 heteroatoms. The smallest absolute Gasteiger partial charge is 0.227 e. The lowest BCUT2D eigenvalue weighted by atomic mass is 9.91. The molecule has 3 aromatic carbocycles. The molecule has 2 N–H and O–H groups in total. The van der Waals surface area contributed by atoms with E-state index in [-0.39, 0.29) is 25.0 Å². The minimum Gasteiger partial charge on any atom is -0.435 e. The van der Waals surface area contributed by atoms with E-state index in [1.165, 1.54) is 21.7 Å². The van der Waals surface area contributed by atoms with Crippen LogP contribution in [0.4, 0.5) is 0 Å². The topological polar surface area (TPSA) is 119 Å². The number of nitriles is 1. The Balaban J connectivity index is 1.16. The van der Waals surface area contributed by atoms with Crippen LogP contribution in [-0.4, -0.2) is 69.6 Å². The summed E-state index contributed by atoms with van der Waals surface area (Å²) < 4.78 is 6.32. The lowest BCUT2D eigenvalue weighted by molar-refractivity contribution is -0.124. The number of thiazole rings is 1. The van der Waals surface area contributed by atoms with Crippen molar-refractivity contribution in [2.24, 2.45) is 5.92 Å². The predicted octanol–water partition coefficient (Wildman–Crippen LogP) is 6.47. The number of hydrogen-bond acceptors (Lipinski definition) is 9. The van der Waals surface area contributed by atoms with Crippen molar-refractivity contribution in [3.05, 3.63) is 81.4 Å². The number of aliphatic hydroxyl groups excluding tert-OH is 1. The molecule has 7 rings (SSSR count). The highest BCUT2D eigenvalue weighted by atomic mass is 32.1. The van der Waals surface area contributed by atoms with Crippen molar-refractivity contribution in [3.63, 3.8) is 0 Å². The van der Waals surface area contributed by atoms with Crippen LogP contribution in [0.2, 0.25) is 0 Å². The Morgan fingerprint density at radius 3 is 2.55 bits per heavy atom. The lowest BCUT2D eigenvalue weighted by Crippen LogP contribution is -2.35. The minimum absolute atomic E-state index is 0.0227. The van der Waals surface area contributed by atoms with Gasteiger partial charge in [-0.25, -0.2) is 9.97 Å². The van der Waals surface area contributed by atoms with Gasteiger partial charge in [0.05, 0.1) is 23.8 Å². The van der Waals surface area contributed by atoms with Crippen molar-refractivity contribution in [3.8, 4) is 39.2 Å². The Hall–Kier alpha value is -4.40. The van der Waals surface area contributed by atoms with Gasteiger partial charge in [0.2, 0.25) is 11.8 Å². The van der Waals surface area contributed by atoms with Gasteiger partial charge in [-0.3, -0.25) is 14.6 Å². The average molecular weight is 675 g/mol. The Bertz CT molecular complexity index is 2080. The molecule has 2 aliphatic heterocycles. The summed E-state index contributed by atoms with van der Waals surface area (Å²) >= 11 is 1.82. The first kappa shape index (κ1) is 33.1. The second kappa shape index (κ2) is 13.8. The number of hydrogen-bond donors (Lipinski definition) is 2. The van der Waals surface area contributed by atoms with Crippen LogP contribution in [0.25, 0.3) is 44.3 Å². The molecule has 0 aliphatic carbocycles. The van der Waals surface area contributed by atoms with E-state index in [4.69, 9.17) is 19.5 Å². The van der Waals surface area contributed by atoms with E-state index >= 15 is 0 Å². The number of aliphatic hydroxyl groups is 1. The van der Waals surface area contributed by atoms with Crippen molar-refractivity contribution in [1.29, 1.82) is 5.26 Å². The van der Waals surface area contributed by atoms with E-state index in [9.17, 15) is 10.1 Å². The number of rotatable bonds is 9. The highest BCUT2D eigenvalue weighted by molar-refractivity contribution is 7.15. The molecule has 0 radical (unpaired) electrons. The van der Waals surface area contributed by atoms with E-state index < -0.39 is 0 Å². The van der Waals surface area contributed by atoms with Crippen LogP contribution < -0.4 is 5.32 Å². The van der Waals surface area contributed by atoms with Gasteiger partial charge in [0, 0.05) is 61.2 Å². The van der Waals surface area contributed by atoms with Crippen LogP contribution in [0.1, 0.15) is 53.1 Å². The summed E-state index contributed by atoms with van der Waals surface area (Å²) in [6.45, 7) is 13.1. The molecule has 0 saturated carbocycles. The van der Waals surface area contributed by atoms with Gasteiger partial charge in [0.1, 0.15) is 16.6 Å². The van der Waals surface area contributed by atoms with Gasteiger partial charge in [-0.05, 0) is 86.7 Å². The number of likely N-dealkylation sites (tertiary alicyclic amines) is 1. The highest BCUT2D eigenvalue weighted by Gasteiger charge is 2.29. The summed E-state index contributed by atoms with van der Waals surface area (Å²) in [5, 5.41) is 22.9. The predicted molar refractivity (Wildman–Crippen MR) is 193 cm³/mol. The van der Waals surface area contributed by atoms with E-state index in [0.29, 0.717) is 41.7 Å². The van der Waals surface area contributed by atoms with Crippen molar-refractivity contribution >= 4 is 28.3 Å². The third-order valence-electron chi connectivity index (χ3n) is 10.0. The zero-order valence-corrected chi connectivity index (χ0v) is 29.4. The maximum atomic E-state index is 12.4. The number of nitrogens with zero attached hydrogens (tertiary/aromatic N) is 5. The van der Waals surface area contributed by atoms with Crippen molar-refractivity contribution in [2.75, 3.05) is 32.8 Å². The van der Waals surface area contributed by atoms with Gasteiger partial charge < -0.3 is 14.8 Å². The van der Waals surface area contributed by atoms with Crippen LogP contribution in [0.5, 0.6) is 0 Å². The summed E-state index contributed by atoms with van der Waals surface area (Å²) in [5.41, 5.74) is 10.3. The largest absolute Gasteiger partial charge is 0.435 e. The van der Waals surface area contributed by atoms with Crippen LogP contribution in [0, 0.1) is 31.1 Å². The molecule has 1 saturated heterocycles. The van der Waals surface area contributed by atoms with Crippen LogP contribution in [0.15, 0.2) is 52.9 Å². The maximum absolute atomic E-state index is 12.4. The number of nitrogens with one attached hydrogen (secondary N) is 1. The molecular formula is C39H42N6O3S. The molecule has 0 bridgehead atoms. The third-order valence-corrected chi connectivity index (χ3v) is 11.2. The molecule has 1 atom stereocenters. The quantitative estimate of drug-likeness (QED) is 0.183. The Kier molecular flexibility index (Phi) is 9.36. The minimum atomic E-state index is -0.105. The zero-order chi connectivity index (χ0) is 34.2. The second-order valence-corrected chi connectivity index (χ2v) is 14.6. The van der Waals surface area contributed by atoms with Gasteiger partial charge in [-0.15, -0.1) is 11.3 Å². The van der Waals surface area contributed by atoms with Gasteiger partial charge in [0.15, 0.2) is 5.58 Å². The van der Waals surface area contributed by atoms with Crippen LogP contribution in [0.3, 0.4) is 0 Å². The number of carbonyl (C=O) groups is 1. The fourth-order valence-corrected chi connectivity index (χ4v) is 8.46. The molecule has 5 aromatic rings. The standard InChI is InChI=1S/C39H42N6O3S/c1-23(2)45-15-12-33-35(22-45)49-39(43-33)32-10-6-8-30(25(32)4)29-7-5-9-31(24(29)3)38-42-34-18-26(17-28(19-40)36(34)48-38)20-44-14-11-27(21-44)37(47)41-13-16-46/h5-10,17-18,23,27,46H,11-16,20-22H2,1-4H3,(H,41,47). The molecule has 1 amide bonds. The van der Waals surface area contributed by atoms with E-state index in [0.717, 1.165) is 65.3 Å². The Morgan fingerprint density at radius 1 is 1.08 bits per heavy atom. The van der Waals surface area contributed by atoms with Crippen LogP contribution in [-0.2, 0) is 24.3 Å². The van der Waals surface area contributed by atoms with Crippen molar-refractivity contribution in [2.45, 2.75) is 59.7 Å². The summed E-state index contributed by atoms with van der Waals surface area (Å²) in [4.78, 5) is 28.5. The molecule has 49 heavy (non-hydrogen) atoms. The molecular weight excluding hydrogens is 633 g/mol. The monoisotopic (exact) mass is 674 g/mol. The van der Waals surface area contributed by atoms with E-state index in [1.54, 1.807) is 0 Å². The summed E-state index contributed by atoms with van der Waals surface area (Å²) in [6, 6.07) is 19.4. The molecule has 2 aromatic heterocycles. The zero-order valence-electron chi connectivity index (χ0n) is 28.5. The van der Waals surface area contributed by atoms with E-state index in [2.05, 4.69) is 73.1 Å². The summed E-state index contributed by atoms with van der Waals surface area (Å²) in [5.74, 6) is 0.359. The molecule has 1 unspecified atom stereocenters. The third kappa shape index (κ3) is 6.52. The molecule has 2 aliphatic rings. The van der Waals surface area contributed by atoms with Gasteiger partial charge >= 0.3 is 0 Å². The number of carbonyl (C=O) groups excluding carboxylic acids is 1.